The minimum atomic E-state index is -4.69. The average Bonchev–Trinajstić information content (AvgIpc) is 2.72. The van der Waals surface area contributed by atoms with Gasteiger partial charge >= 0.3 is 6.18 Å². The monoisotopic (exact) mass is 434 g/mol. The van der Waals surface area contributed by atoms with Crippen molar-refractivity contribution in [2.45, 2.75) is 18.8 Å². The van der Waals surface area contributed by atoms with Gasteiger partial charge in [0.25, 0.3) is 5.56 Å². The van der Waals surface area contributed by atoms with Crippen molar-refractivity contribution < 1.29 is 18.0 Å². The summed E-state index contributed by atoms with van der Waals surface area (Å²) in [6.45, 7) is -0.574. The van der Waals surface area contributed by atoms with Crippen LogP contribution in [0.15, 0.2) is 77.7 Å². The summed E-state index contributed by atoms with van der Waals surface area (Å²) in [6.07, 6.45) is -4.08. The van der Waals surface area contributed by atoms with Crippen molar-refractivity contribution in [2.24, 2.45) is 0 Å². The number of amides is 1. The molecule has 0 unspecified atom stereocenters. The van der Waals surface area contributed by atoms with Crippen molar-refractivity contribution >= 4 is 17.5 Å². The smallest absolute Gasteiger partial charge is 0.333 e. The van der Waals surface area contributed by atoms with Gasteiger partial charge in [0.15, 0.2) is 0 Å². The van der Waals surface area contributed by atoms with Crippen LogP contribution in [0.4, 0.5) is 13.2 Å². The SMILES string of the molecule is CN(C(=O)Cn1cc(C(F)(F)F)cc(Cl)c1=O)C(c1ccccc1)c1ccccc1. The highest BCUT2D eigenvalue weighted by Crippen LogP contribution is 2.30. The fraction of sp³-hybridized carbons (Fsp3) is 0.182. The average molecular weight is 435 g/mol. The Morgan fingerprint density at radius 3 is 2.00 bits per heavy atom. The van der Waals surface area contributed by atoms with E-state index in [-0.39, 0.29) is 0 Å². The molecule has 1 aromatic heterocycles. The first-order chi connectivity index (χ1) is 14.2. The van der Waals surface area contributed by atoms with Gasteiger partial charge in [0.05, 0.1) is 11.6 Å². The molecule has 30 heavy (non-hydrogen) atoms. The Bertz CT molecular complexity index is 1040. The number of rotatable bonds is 5. The maximum Gasteiger partial charge on any atom is 0.417 e. The van der Waals surface area contributed by atoms with Gasteiger partial charge in [0.1, 0.15) is 11.6 Å². The van der Waals surface area contributed by atoms with Gasteiger partial charge in [-0.05, 0) is 17.2 Å². The van der Waals surface area contributed by atoms with Gasteiger partial charge < -0.3 is 9.47 Å². The van der Waals surface area contributed by atoms with Crippen LogP contribution in [0.5, 0.6) is 0 Å². The molecule has 0 saturated carbocycles. The van der Waals surface area contributed by atoms with E-state index < -0.39 is 40.8 Å². The number of hydrogen-bond acceptors (Lipinski definition) is 2. The van der Waals surface area contributed by atoms with Crippen LogP contribution < -0.4 is 5.56 Å². The van der Waals surface area contributed by atoms with E-state index in [2.05, 4.69) is 0 Å². The molecule has 0 bridgehead atoms. The van der Waals surface area contributed by atoms with E-state index in [1.165, 1.54) is 4.90 Å². The van der Waals surface area contributed by atoms with E-state index >= 15 is 0 Å². The van der Waals surface area contributed by atoms with Crippen LogP contribution in [0.3, 0.4) is 0 Å². The van der Waals surface area contributed by atoms with Gasteiger partial charge in [-0.3, -0.25) is 9.59 Å². The molecule has 0 atom stereocenters. The highest BCUT2D eigenvalue weighted by atomic mass is 35.5. The van der Waals surface area contributed by atoms with Gasteiger partial charge in [-0.1, -0.05) is 72.3 Å². The van der Waals surface area contributed by atoms with E-state index in [4.69, 9.17) is 11.6 Å². The largest absolute Gasteiger partial charge is 0.417 e. The lowest BCUT2D eigenvalue weighted by atomic mass is 9.97. The van der Waals surface area contributed by atoms with E-state index in [0.717, 1.165) is 11.1 Å². The van der Waals surface area contributed by atoms with Crippen LogP contribution in [0.25, 0.3) is 0 Å². The molecular formula is C22H18ClF3N2O2. The van der Waals surface area contributed by atoms with Gasteiger partial charge in [0, 0.05) is 13.2 Å². The number of pyridine rings is 1. The zero-order valence-electron chi connectivity index (χ0n) is 15.9. The number of aromatic nitrogens is 1. The lowest BCUT2D eigenvalue weighted by Gasteiger charge is -2.29. The van der Waals surface area contributed by atoms with Crippen LogP contribution in [0.1, 0.15) is 22.7 Å². The Hall–Kier alpha value is -3.06. The molecule has 0 aliphatic rings. The Balaban J connectivity index is 1.96. The van der Waals surface area contributed by atoms with E-state index in [9.17, 15) is 22.8 Å². The molecule has 0 radical (unpaired) electrons. The molecule has 4 nitrogen and oxygen atoms in total. The molecule has 0 aliphatic heterocycles. The van der Waals surface area contributed by atoms with Crippen molar-refractivity contribution in [3.05, 3.63) is 105 Å². The number of alkyl halides is 3. The lowest BCUT2D eigenvalue weighted by molar-refractivity contribution is -0.138. The quantitative estimate of drug-likeness (QED) is 0.580. The van der Waals surface area contributed by atoms with Crippen LogP contribution in [-0.4, -0.2) is 22.4 Å². The zero-order valence-corrected chi connectivity index (χ0v) is 16.7. The van der Waals surface area contributed by atoms with Crippen molar-refractivity contribution in [3.63, 3.8) is 0 Å². The molecule has 0 saturated heterocycles. The number of hydrogen-bond donors (Lipinski definition) is 0. The molecule has 1 heterocycles. The second-order valence-electron chi connectivity index (χ2n) is 6.74. The number of halogens is 4. The van der Waals surface area contributed by atoms with E-state index in [0.29, 0.717) is 16.8 Å². The highest BCUT2D eigenvalue weighted by Gasteiger charge is 2.32. The van der Waals surface area contributed by atoms with E-state index in [1.807, 2.05) is 60.7 Å². The maximum absolute atomic E-state index is 13.1. The van der Waals surface area contributed by atoms with Crippen LogP contribution in [0, 0.1) is 0 Å². The Labute approximate surface area is 176 Å². The minimum absolute atomic E-state index is 0.475. The summed E-state index contributed by atoms with van der Waals surface area (Å²) < 4.78 is 39.9. The number of carbonyl (C=O) groups excluding carboxylic acids is 1. The third kappa shape index (κ3) is 4.74. The molecule has 0 spiro atoms. The summed E-state index contributed by atoms with van der Waals surface area (Å²) >= 11 is 5.68. The molecule has 0 N–H and O–H groups in total. The van der Waals surface area contributed by atoms with Crippen molar-refractivity contribution in [1.82, 2.24) is 9.47 Å². The summed E-state index contributed by atoms with van der Waals surface area (Å²) in [6, 6.07) is 18.5. The number of benzene rings is 2. The number of likely N-dealkylation sites (N-methyl/N-ethyl adjacent to an activating group) is 1. The summed E-state index contributed by atoms with van der Waals surface area (Å²) in [5.74, 6) is -0.537. The van der Waals surface area contributed by atoms with Crippen LogP contribution in [-0.2, 0) is 17.5 Å². The second kappa shape index (κ2) is 8.75. The van der Waals surface area contributed by atoms with Crippen molar-refractivity contribution in [3.8, 4) is 0 Å². The number of nitrogens with zero attached hydrogens (tertiary/aromatic N) is 2. The first-order valence-corrected chi connectivity index (χ1v) is 9.39. The normalized spacial score (nSPS) is 11.5. The van der Waals surface area contributed by atoms with Crippen molar-refractivity contribution in [1.29, 1.82) is 0 Å². The highest BCUT2D eigenvalue weighted by molar-refractivity contribution is 6.30. The predicted molar refractivity (Wildman–Crippen MR) is 108 cm³/mol. The fourth-order valence-electron chi connectivity index (χ4n) is 3.18. The van der Waals surface area contributed by atoms with Gasteiger partial charge in [0.2, 0.25) is 5.91 Å². The third-order valence-electron chi connectivity index (χ3n) is 4.69. The second-order valence-corrected chi connectivity index (χ2v) is 7.14. The molecular weight excluding hydrogens is 417 g/mol. The third-order valence-corrected chi connectivity index (χ3v) is 4.96. The first-order valence-electron chi connectivity index (χ1n) is 9.01. The molecule has 0 fully saturated rings. The summed E-state index contributed by atoms with van der Waals surface area (Å²) in [4.78, 5) is 26.6. The molecule has 1 amide bonds. The molecule has 8 heteroatoms. The van der Waals surface area contributed by atoms with Crippen LogP contribution >= 0.6 is 11.6 Å². The van der Waals surface area contributed by atoms with Gasteiger partial charge in [-0.15, -0.1) is 0 Å². The maximum atomic E-state index is 13.1. The van der Waals surface area contributed by atoms with Crippen LogP contribution in [0.2, 0.25) is 5.02 Å². The molecule has 3 rings (SSSR count). The molecule has 2 aromatic carbocycles. The lowest BCUT2D eigenvalue weighted by Crippen LogP contribution is -2.37. The van der Waals surface area contributed by atoms with Gasteiger partial charge in [-0.2, -0.15) is 13.2 Å². The molecule has 0 aliphatic carbocycles. The zero-order chi connectivity index (χ0) is 21.9. The minimum Gasteiger partial charge on any atom is -0.333 e. The summed E-state index contributed by atoms with van der Waals surface area (Å²) in [5.41, 5.74) is -0.296. The summed E-state index contributed by atoms with van der Waals surface area (Å²) in [7, 11) is 1.55. The topological polar surface area (TPSA) is 42.3 Å². The molecule has 3 aromatic rings. The first kappa shape index (κ1) is 21.6. The van der Waals surface area contributed by atoms with E-state index in [1.54, 1.807) is 7.05 Å². The standard InChI is InChI=1S/C22H18ClF3N2O2/c1-27(20(15-8-4-2-5-9-15)16-10-6-3-7-11-16)19(29)14-28-13-17(22(24,25)26)12-18(23)21(28)30/h2-13,20H,14H2,1H3. The van der Waals surface area contributed by atoms with Gasteiger partial charge in [-0.25, -0.2) is 0 Å². The predicted octanol–water partition coefficient (Wildman–Crippen LogP) is 4.77. The molecule has 156 valence electrons. The Morgan fingerprint density at radius 1 is 1.03 bits per heavy atom. The number of carbonyl (C=O) groups is 1. The van der Waals surface area contributed by atoms with Crippen molar-refractivity contribution in [2.75, 3.05) is 7.05 Å². The summed E-state index contributed by atoms with van der Waals surface area (Å²) in [5, 5.41) is -0.594. The Kier molecular flexibility index (Phi) is 6.31. The Morgan fingerprint density at radius 2 is 1.53 bits per heavy atom. The fourth-order valence-corrected chi connectivity index (χ4v) is 3.41.